The van der Waals surface area contributed by atoms with Crippen LogP contribution < -0.4 is 11.1 Å². The molecular formula is C21H40N6O2. The number of carbonyl (C=O) groups excluding carboxylic acids is 1. The molecule has 29 heavy (non-hydrogen) atoms. The third-order valence-electron chi connectivity index (χ3n) is 6.49. The molecule has 0 saturated carbocycles. The van der Waals surface area contributed by atoms with E-state index in [-0.39, 0.29) is 11.8 Å². The van der Waals surface area contributed by atoms with Crippen molar-refractivity contribution in [2.45, 2.75) is 45.1 Å². The van der Waals surface area contributed by atoms with Crippen LogP contribution in [0.15, 0.2) is 4.99 Å². The molecule has 1 unspecified atom stereocenters. The van der Waals surface area contributed by atoms with Gasteiger partial charge in [0, 0.05) is 51.2 Å². The quantitative estimate of drug-likeness (QED) is 0.342. The number of hydrogen-bond donors (Lipinski definition) is 2. The van der Waals surface area contributed by atoms with E-state index < -0.39 is 0 Å². The van der Waals surface area contributed by atoms with Crippen molar-refractivity contribution in [3.05, 3.63) is 0 Å². The van der Waals surface area contributed by atoms with Crippen molar-refractivity contribution in [3.8, 4) is 0 Å². The topological polar surface area (TPSA) is 86.4 Å². The molecule has 3 saturated heterocycles. The van der Waals surface area contributed by atoms with Crippen LogP contribution in [0.4, 0.5) is 0 Å². The predicted octanol–water partition coefficient (Wildman–Crippen LogP) is 0.336. The van der Waals surface area contributed by atoms with Gasteiger partial charge in [-0.25, -0.2) is 0 Å². The van der Waals surface area contributed by atoms with Gasteiger partial charge in [0.2, 0.25) is 5.91 Å². The Kier molecular flexibility index (Phi) is 9.01. The third-order valence-corrected chi connectivity index (χ3v) is 6.49. The first-order chi connectivity index (χ1) is 14.2. The lowest BCUT2D eigenvalue weighted by Crippen LogP contribution is -2.46. The van der Waals surface area contributed by atoms with Crippen molar-refractivity contribution in [1.29, 1.82) is 0 Å². The summed E-state index contributed by atoms with van der Waals surface area (Å²) in [4.78, 5) is 23.6. The van der Waals surface area contributed by atoms with E-state index in [1.54, 1.807) is 0 Å². The van der Waals surface area contributed by atoms with E-state index in [9.17, 15) is 4.79 Å². The van der Waals surface area contributed by atoms with Crippen molar-refractivity contribution in [3.63, 3.8) is 0 Å². The fourth-order valence-electron chi connectivity index (χ4n) is 4.67. The summed E-state index contributed by atoms with van der Waals surface area (Å²) >= 11 is 0. The predicted molar refractivity (Wildman–Crippen MR) is 116 cm³/mol. The van der Waals surface area contributed by atoms with Crippen LogP contribution in [0.5, 0.6) is 0 Å². The molecule has 0 aromatic rings. The van der Waals surface area contributed by atoms with Gasteiger partial charge in [0.25, 0.3) is 0 Å². The Labute approximate surface area is 175 Å². The molecule has 0 spiro atoms. The first kappa shape index (κ1) is 22.3. The minimum Gasteiger partial charge on any atom is -0.379 e. The minimum absolute atomic E-state index is 0.0836. The molecule has 3 aliphatic rings. The van der Waals surface area contributed by atoms with E-state index in [1.807, 2.05) is 0 Å². The highest BCUT2D eigenvalue weighted by atomic mass is 16.5. The van der Waals surface area contributed by atoms with E-state index >= 15 is 0 Å². The molecule has 3 fully saturated rings. The number of primary amides is 1. The maximum atomic E-state index is 11.3. The summed E-state index contributed by atoms with van der Waals surface area (Å²) in [5, 5.41) is 3.48. The van der Waals surface area contributed by atoms with Gasteiger partial charge in [0.05, 0.1) is 13.2 Å². The standard InChI is InChI=1S/C21H40N6O2/c1-2-23-21(27-12-7-19(17-27)26-13-15-29-16-14-26)24-8-3-4-9-25-10-5-18(6-11-25)20(22)28/h18-19H,2-17H2,1H3,(H2,22,28)(H,23,24). The third kappa shape index (κ3) is 6.83. The van der Waals surface area contributed by atoms with Crippen molar-refractivity contribution >= 4 is 11.9 Å². The first-order valence-corrected chi connectivity index (χ1v) is 11.5. The molecule has 1 atom stereocenters. The van der Waals surface area contributed by atoms with E-state index in [1.165, 1.54) is 6.42 Å². The first-order valence-electron chi connectivity index (χ1n) is 11.5. The Balaban J connectivity index is 1.35. The van der Waals surface area contributed by atoms with Crippen LogP contribution in [0.1, 0.15) is 39.0 Å². The number of nitrogens with two attached hydrogens (primary N) is 1. The number of piperidine rings is 1. The Bertz CT molecular complexity index is 529. The molecule has 1 amide bonds. The molecule has 0 aliphatic carbocycles. The largest absolute Gasteiger partial charge is 0.379 e. The molecule has 3 aliphatic heterocycles. The molecule has 3 N–H and O–H groups in total. The Morgan fingerprint density at radius 1 is 1.10 bits per heavy atom. The van der Waals surface area contributed by atoms with Gasteiger partial charge in [-0.05, 0) is 58.7 Å². The van der Waals surface area contributed by atoms with E-state index in [4.69, 9.17) is 15.5 Å². The van der Waals surface area contributed by atoms with Gasteiger partial charge in [0.1, 0.15) is 0 Å². The Hall–Kier alpha value is -1.38. The average molecular weight is 409 g/mol. The highest BCUT2D eigenvalue weighted by molar-refractivity contribution is 5.80. The lowest BCUT2D eigenvalue weighted by atomic mass is 9.96. The normalized spacial score (nSPS) is 25.5. The van der Waals surface area contributed by atoms with Crippen molar-refractivity contribution in [2.24, 2.45) is 16.6 Å². The molecule has 166 valence electrons. The number of morpholine rings is 1. The molecule has 0 radical (unpaired) electrons. The number of nitrogens with zero attached hydrogens (tertiary/aromatic N) is 4. The maximum absolute atomic E-state index is 11.3. The molecule has 8 nitrogen and oxygen atoms in total. The lowest BCUT2D eigenvalue weighted by Gasteiger charge is -2.32. The number of unbranched alkanes of at least 4 members (excludes halogenated alkanes) is 1. The number of nitrogens with one attached hydrogen (secondary N) is 1. The van der Waals surface area contributed by atoms with Crippen molar-refractivity contribution in [1.82, 2.24) is 20.0 Å². The molecular weight excluding hydrogens is 368 g/mol. The van der Waals surface area contributed by atoms with Crippen LogP contribution in [-0.2, 0) is 9.53 Å². The van der Waals surface area contributed by atoms with Gasteiger partial charge in [-0.3, -0.25) is 14.7 Å². The van der Waals surface area contributed by atoms with E-state index in [0.717, 1.165) is 104 Å². The SMILES string of the molecule is CCNC(=NCCCCN1CCC(C(N)=O)CC1)N1CCC(N2CCOCC2)C1. The van der Waals surface area contributed by atoms with Crippen LogP contribution >= 0.6 is 0 Å². The monoisotopic (exact) mass is 408 g/mol. The number of aliphatic imine (C=N–C) groups is 1. The van der Waals surface area contributed by atoms with Crippen LogP contribution in [0.3, 0.4) is 0 Å². The number of likely N-dealkylation sites (tertiary alicyclic amines) is 2. The van der Waals surface area contributed by atoms with Gasteiger partial charge in [-0.15, -0.1) is 0 Å². The summed E-state index contributed by atoms with van der Waals surface area (Å²) in [6.07, 6.45) is 5.30. The van der Waals surface area contributed by atoms with Gasteiger partial charge in [-0.2, -0.15) is 0 Å². The zero-order chi connectivity index (χ0) is 20.5. The summed E-state index contributed by atoms with van der Waals surface area (Å²) in [5.74, 6) is 1.03. The average Bonchev–Trinajstić information content (AvgIpc) is 3.24. The highest BCUT2D eigenvalue weighted by Crippen LogP contribution is 2.18. The number of rotatable bonds is 8. The fraction of sp³-hybridized carbons (Fsp3) is 0.905. The minimum atomic E-state index is -0.132. The van der Waals surface area contributed by atoms with Gasteiger partial charge >= 0.3 is 0 Å². The number of ether oxygens (including phenoxy) is 1. The highest BCUT2D eigenvalue weighted by Gasteiger charge is 2.30. The summed E-state index contributed by atoms with van der Waals surface area (Å²) in [5.41, 5.74) is 5.42. The second kappa shape index (κ2) is 11.7. The van der Waals surface area contributed by atoms with Crippen LogP contribution in [0.25, 0.3) is 0 Å². The second-order valence-electron chi connectivity index (χ2n) is 8.50. The molecule has 0 aromatic heterocycles. The van der Waals surface area contributed by atoms with Crippen molar-refractivity contribution < 1.29 is 9.53 Å². The molecule has 0 aromatic carbocycles. The number of carbonyl (C=O) groups is 1. The Morgan fingerprint density at radius 3 is 2.55 bits per heavy atom. The number of amides is 1. The summed E-state index contributed by atoms with van der Waals surface area (Å²) < 4.78 is 5.49. The summed E-state index contributed by atoms with van der Waals surface area (Å²) in [6, 6.07) is 0.631. The second-order valence-corrected chi connectivity index (χ2v) is 8.50. The zero-order valence-corrected chi connectivity index (χ0v) is 18.2. The van der Waals surface area contributed by atoms with E-state index in [0.29, 0.717) is 6.04 Å². The summed E-state index contributed by atoms with van der Waals surface area (Å²) in [7, 11) is 0. The van der Waals surface area contributed by atoms with Gasteiger partial charge in [-0.1, -0.05) is 0 Å². The lowest BCUT2D eigenvalue weighted by molar-refractivity contribution is -0.123. The molecule has 3 rings (SSSR count). The number of hydrogen-bond acceptors (Lipinski definition) is 5. The smallest absolute Gasteiger partial charge is 0.220 e. The maximum Gasteiger partial charge on any atom is 0.220 e. The summed E-state index contributed by atoms with van der Waals surface area (Å²) in [6.45, 7) is 13.0. The van der Waals surface area contributed by atoms with Crippen LogP contribution in [-0.4, -0.2) is 105 Å². The zero-order valence-electron chi connectivity index (χ0n) is 18.2. The fourth-order valence-corrected chi connectivity index (χ4v) is 4.67. The molecule has 0 bridgehead atoms. The Morgan fingerprint density at radius 2 is 1.86 bits per heavy atom. The van der Waals surface area contributed by atoms with Crippen LogP contribution in [0, 0.1) is 5.92 Å². The van der Waals surface area contributed by atoms with Crippen LogP contribution in [0.2, 0.25) is 0 Å². The van der Waals surface area contributed by atoms with Crippen molar-refractivity contribution in [2.75, 3.05) is 72.1 Å². The molecule has 3 heterocycles. The molecule has 8 heteroatoms. The van der Waals surface area contributed by atoms with Gasteiger partial charge in [0.15, 0.2) is 5.96 Å². The van der Waals surface area contributed by atoms with Gasteiger partial charge < -0.3 is 25.6 Å². The number of guanidine groups is 1. The van der Waals surface area contributed by atoms with E-state index in [2.05, 4.69) is 26.9 Å².